The SMILES string of the molecule is CC(=O)OCC1OC(Sc2ccccn2)C(OC(C)=O)C(OC(C)=O)C1COC(C)=O. The minimum atomic E-state index is -1.03. The molecule has 0 aliphatic carbocycles. The van der Waals surface area contributed by atoms with Gasteiger partial charge in [-0.2, -0.15) is 0 Å². The summed E-state index contributed by atoms with van der Waals surface area (Å²) in [6, 6.07) is 5.27. The van der Waals surface area contributed by atoms with E-state index in [1.807, 2.05) is 0 Å². The number of carbonyl (C=O) groups is 4. The molecule has 0 amide bonds. The van der Waals surface area contributed by atoms with E-state index in [-0.39, 0.29) is 13.2 Å². The van der Waals surface area contributed by atoms with E-state index in [4.69, 9.17) is 23.7 Å². The first-order chi connectivity index (χ1) is 14.7. The van der Waals surface area contributed by atoms with Gasteiger partial charge < -0.3 is 23.7 Å². The summed E-state index contributed by atoms with van der Waals surface area (Å²) in [5.74, 6) is -3.07. The van der Waals surface area contributed by atoms with Gasteiger partial charge in [0, 0.05) is 33.9 Å². The molecule has 5 atom stereocenters. The molecule has 1 aliphatic rings. The molecule has 0 N–H and O–H groups in total. The lowest BCUT2D eigenvalue weighted by atomic mass is 9.90. The number of nitrogens with zero attached hydrogens (tertiary/aromatic N) is 1. The second-order valence-corrected chi connectivity index (χ2v) is 7.86. The van der Waals surface area contributed by atoms with Gasteiger partial charge in [0.15, 0.2) is 12.2 Å². The molecule has 2 heterocycles. The van der Waals surface area contributed by atoms with Gasteiger partial charge in [-0.1, -0.05) is 17.8 Å². The molecule has 0 aromatic carbocycles. The van der Waals surface area contributed by atoms with Gasteiger partial charge in [-0.15, -0.1) is 0 Å². The molecule has 11 heteroatoms. The predicted molar refractivity (Wildman–Crippen MR) is 107 cm³/mol. The number of aromatic nitrogens is 1. The van der Waals surface area contributed by atoms with Gasteiger partial charge in [0.2, 0.25) is 0 Å². The van der Waals surface area contributed by atoms with E-state index < -0.39 is 53.5 Å². The predicted octanol–water partition coefficient (Wildman–Crippen LogP) is 1.50. The summed E-state index contributed by atoms with van der Waals surface area (Å²) in [6.07, 6.45) is -1.26. The molecular formula is C20H25NO9S. The van der Waals surface area contributed by atoms with Gasteiger partial charge in [0.25, 0.3) is 0 Å². The van der Waals surface area contributed by atoms with Crippen molar-refractivity contribution in [1.29, 1.82) is 0 Å². The van der Waals surface area contributed by atoms with Crippen LogP contribution in [0, 0.1) is 5.92 Å². The van der Waals surface area contributed by atoms with Crippen molar-refractivity contribution < 1.29 is 42.9 Å². The Balaban J connectivity index is 2.40. The third kappa shape index (κ3) is 7.83. The van der Waals surface area contributed by atoms with E-state index in [9.17, 15) is 19.2 Å². The Hall–Kier alpha value is -2.66. The van der Waals surface area contributed by atoms with Crippen LogP contribution in [0.4, 0.5) is 0 Å². The summed E-state index contributed by atoms with van der Waals surface area (Å²) in [6.45, 7) is 4.54. The van der Waals surface area contributed by atoms with Crippen molar-refractivity contribution in [3.63, 3.8) is 0 Å². The highest BCUT2D eigenvalue weighted by Gasteiger charge is 2.51. The minimum Gasteiger partial charge on any atom is -0.465 e. The Kier molecular flexibility index (Phi) is 9.25. The molecule has 1 aliphatic heterocycles. The summed E-state index contributed by atoms with van der Waals surface area (Å²) in [5.41, 5.74) is -0.836. The zero-order valence-electron chi connectivity index (χ0n) is 17.6. The number of thioether (sulfide) groups is 1. The maximum atomic E-state index is 11.8. The molecule has 5 unspecified atom stereocenters. The Labute approximate surface area is 183 Å². The van der Waals surface area contributed by atoms with Crippen LogP contribution in [-0.2, 0) is 42.9 Å². The van der Waals surface area contributed by atoms with Crippen molar-refractivity contribution in [3.8, 4) is 0 Å². The van der Waals surface area contributed by atoms with Crippen molar-refractivity contribution in [3.05, 3.63) is 24.4 Å². The van der Waals surface area contributed by atoms with E-state index in [1.165, 1.54) is 27.7 Å². The highest BCUT2D eigenvalue weighted by Crippen LogP contribution is 2.38. The van der Waals surface area contributed by atoms with Gasteiger partial charge in [-0.3, -0.25) is 19.2 Å². The van der Waals surface area contributed by atoms with Crippen molar-refractivity contribution in [1.82, 2.24) is 4.98 Å². The lowest BCUT2D eigenvalue weighted by Crippen LogP contribution is -2.58. The van der Waals surface area contributed by atoms with Crippen LogP contribution in [0.1, 0.15) is 27.7 Å². The van der Waals surface area contributed by atoms with Crippen LogP contribution in [0.3, 0.4) is 0 Å². The standard InChI is InChI=1S/C20H25NO9S/c1-11(22)26-9-15-16(10-27-12(2)23)30-20(31-17-7-5-6-8-21-17)19(29-14(4)25)18(15)28-13(3)24/h5-8,15-16,18-20H,9-10H2,1-4H3. The number of esters is 4. The second kappa shape index (κ2) is 11.7. The summed E-state index contributed by atoms with van der Waals surface area (Å²) in [7, 11) is 0. The summed E-state index contributed by atoms with van der Waals surface area (Å²) in [5, 5.41) is 0.580. The molecule has 0 spiro atoms. The zero-order valence-corrected chi connectivity index (χ0v) is 18.5. The number of carbonyl (C=O) groups excluding carboxylic acids is 4. The van der Waals surface area contributed by atoms with Crippen LogP contribution in [0.15, 0.2) is 29.4 Å². The summed E-state index contributed by atoms with van der Waals surface area (Å²) >= 11 is 1.16. The largest absolute Gasteiger partial charge is 0.465 e. The Morgan fingerprint density at radius 3 is 2.06 bits per heavy atom. The topological polar surface area (TPSA) is 127 Å². The van der Waals surface area contributed by atoms with E-state index in [0.717, 1.165) is 11.8 Å². The van der Waals surface area contributed by atoms with Gasteiger partial charge in [0.1, 0.15) is 24.8 Å². The summed E-state index contributed by atoms with van der Waals surface area (Å²) in [4.78, 5) is 50.7. The quantitative estimate of drug-likeness (QED) is 0.418. The van der Waals surface area contributed by atoms with Gasteiger partial charge >= 0.3 is 23.9 Å². The van der Waals surface area contributed by atoms with E-state index >= 15 is 0 Å². The van der Waals surface area contributed by atoms with Gasteiger partial charge in [-0.25, -0.2) is 4.98 Å². The highest BCUT2D eigenvalue weighted by molar-refractivity contribution is 7.99. The third-order valence-corrected chi connectivity index (χ3v) is 5.30. The maximum absolute atomic E-state index is 11.8. The molecule has 170 valence electrons. The average molecular weight is 455 g/mol. The normalized spacial score (nSPS) is 25.2. The van der Waals surface area contributed by atoms with Crippen molar-refractivity contribution in [2.75, 3.05) is 13.2 Å². The number of hydrogen-bond donors (Lipinski definition) is 0. The van der Waals surface area contributed by atoms with Gasteiger partial charge in [-0.05, 0) is 12.1 Å². The smallest absolute Gasteiger partial charge is 0.303 e. The number of rotatable bonds is 8. The molecule has 1 aromatic heterocycles. The van der Waals surface area contributed by atoms with E-state index in [0.29, 0.717) is 5.03 Å². The molecule has 10 nitrogen and oxygen atoms in total. The van der Waals surface area contributed by atoms with Crippen molar-refractivity contribution in [2.45, 2.75) is 56.5 Å². The summed E-state index contributed by atoms with van der Waals surface area (Å²) < 4.78 is 27.3. The first kappa shape index (κ1) is 24.6. The Morgan fingerprint density at radius 2 is 1.52 bits per heavy atom. The van der Waals surface area contributed by atoms with Crippen molar-refractivity contribution in [2.24, 2.45) is 5.92 Å². The molecule has 1 aromatic rings. The fourth-order valence-electron chi connectivity index (χ4n) is 3.03. The monoisotopic (exact) mass is 455 g/mol. The van der Waals surface area contributed by atoms with Crippen LogP contribution >= 0.6 is 11.8 Å². The second-order valence-electron chi connectivity index (χ2n) is 6.75. The van der Waals surface area contributed by atoms with Crippen LogP contribution in [0.5, 0.6) is 0 Å². The number of pyridine rings is 1. The zero-order chi connectivity index (χ0) is 23.0. The van der Waals surface area contributed by atoms with Crippen LogP contribution in [0.2, 0.25) is 0 Å². The van der Waals surface area contributed by atoms with Crippen LogP contribution in [-0.4, -0.2) is 65.8 Å². The molecule has 2 rings (SSSR count). The third-order valence-electron chi connectivity index (χ3n) is 4.21. The lowest BCUT2D eigenvalue weighted by Gasteiger charge is -2.44. The average Bonchev–Trinajstić information content (AvgIpc) is 2.68. The fraction of sp³-hybridized carbons (Fsp3) is 0.550. The molecule has 1 fully saturated rings. The van der Waals surface area contributed by atoms with Crippen molar-refractivity contribution >= 4 is 35.6 Å². The molecule has 0 bridgehead atoms. The molecule has 1 saturated heterocycles. The van der Waals surface area contributed by atoms with Crippen LogP contribution < -0.4 is 0 Å². The molecule has 0 saturated carbocycles. The minimum absolute atomic E-state index is 0.175. The highest BCUT2D eigenvalue weighted by atomic mass is 32.2. The number of ether oxygens (including phenoxy) is 5. The Bertz CT molecular complexity index is 788. The molecular weight excluding hydrogens is 430 g/mol. The van der Waals surface area contributed by atoms with Crippen LogP contribution in [0.25, 0.3) is 0 Å². The van der Waals surface area contributed by atoms with Gasteiger partial charge in [0.05, 0.1) is 10.9 Å². The first-order valence-electron chi connectivity index (χ1n) is 9.51. The molecule has 0 radical (unpaired) electrons. The maximum Gasteiger partial charge on any atom is 0.303 e. The number of hydrogen-bond acceptors (Lipinski definition) is 11. The van der Waals surface area contributed by atoms with E-state index in [2.05, 4.69) is 4.98 Å². The lowest BCUT2D eigenvalue weighted by molar-refractivity contribution is -0.222. The fourth-order valence-corrected chi connectivity index (χ4v) is 4.09. The Morgan fingerprint density at radius 1 is 0.903 bits per heavy atom. The molecule has 31 heavy (non-hydrogen) atoms. The van der Waals surface area contributed by atoms with E-state index in [1.54, 1.807) is 24.4 Å². The first-order valence-corrected chi connectivity index (χ1v) is 10.4.